The normalized spacial score (nSPS) is 16.9. The quantitative estimate of drug-likeness (QED) is 0.492. The molecule has 19 heavy (non-hydrogen) atoms. The molecule has 0 aromatic carbocycles. The summed E-state index contributed by atoms with van der Waals surface area (Å²) in [7, 11) is -6.64. The largest absolute Gasteiger partial charge is 0.446 e. The molecule has 0 saturated heterocycles. The van der Waals surface area contributed by atoms with Gasteiger partial charge in [0.15, 0.2) is 0 Å². The fourth-order valence-corrected chi connectivity index (χ4v) is 0.874. The predicted molar refractivity (Wildman–Crippen MR) is 41.0 cm³/mol. The highest BCUT2D eigenvalue weighted by molar-refractivity contribution is 7.87. The number of halogens is 9. The van der Waals surface area contributed by atoms with Gasteiger partial charge in [0.1, 0.15) is 0 Å². The van der Waals surface area contributed by atoms with Crippen LogP contribution < -0.4 is 0 Å². The van der Waals surface area contributed by atoms with Crippen molar-refractivity contribution in [2.75, 3.05) is 0 Å². The molecule has 0 unspecified atom stereocenters. The second kappa shape index (κ2) is 5.03. The van der Waals surface area contributed by atoms with Gasteiger partial charge < -0.3 is 0 Å². The summed E-state index contributed by atoms with van der Waals surface area (Å²) in [6.07, 6.45) is -6.16. The molecule has 0 radical (unpaired) electrons. The van der Waals surface area contributed by atoms with E-state index in [0.29, 0.717) is 0 Å². The lowest BCUT2D eigenvalue weighted by atomic mass is 10.3. The van der Waals surface area contributed by atoms with Crippen molar-refractivity contribution in [1.82, 2.24) is 0 Å². The maximum absolute atomic E-state index is 12.5. The fourth-order valence-electron chi connectivity index (χ4n) is 0.558. The highest BCUT2D eigenvalue weighted by atomic mass is 32.2. The topological polar surface area (TPSA) is 54.4 Å². The lowest BCUT2D eigenvalue weighted by Gasteiger charge is -2.11. The Kier molecular flexibility index (Phi) is 4.70. The number of hydrogen-bond donors (Lipinski definition) is 1. The molecule has 0 atom stereocenters. The van der Waals surface area contributed by atoms with Crippen molar-refractivity contribution in [2.24, 2.45) is 0 Å². The van der Waals surface area contributed by atoms with Gasteiger partial charge in [-0.1, -0.05) is 0 Å². The van der Waals surface area contributed by atoms with Gasteiger partial charge >= 0.3 is 21.5 Å². The van der Waals surface area contributed by atoms with Crippen LogP contribution in [0.1, 0.15) is 0 Å². The van der Waals surface area contributed by atoms with Crippen LogP contribution in [0.5, 0.6) is 0 Å². The van der Waals surface area contributed by atoms with Crippen molar-refractivity contribution >= 4 is 10.1 Å². The van der Waals surface area contributed by atoms with E-state index in [0.717, 1.165) is 0 Å². The van der Waals surface area contributed by atoms with Crippen molar-refractivity contribution in [3.05, 3.63) is 23.3 Å². The fraction of sp³-hybridized carbons (Fsp3) is 0.333. The van der Waals surface area contributed by atoms with Crippen LogP contribution in [0.25, 0.3) is 0 Å². The lowest BCUT2D eigenvalue weighted by molar-refractivity contribution is -0.111. The van der Waals surface area contributed by atoms with E-state index < -0.39 is 44.9 Å². The van der Waals surface area contributed by atoms with Crippen LogP contribution in [0.4, 0.5) is 39.5 Å². The first-order valence-corrected chi connectivity index (χ1v) is 5.11. The van der Waals surface area contributed by atoms with Crippen molar-refractivity contribution in [3.8, 4) is 0 Å². The van der Waals surface area contributed by atoms with Crippen molar-refractivity contribution in [2.45, 2.75) is 11.4 Å². The second-order valence-electron chi connectivity index (χ2n) is 2.75. The van der Waals surface area contributed by atoms with Gasteiger partial charge in [0.2, 0.25) is 23.3 Å². The minimum absolute atomic E-state index is 3.73. The molecule has 0 aromatic rings. The summed E-state index contributed by atoms with van der Waals surface area (Å²) in [6.45, 7) is 0. The number of rotatable bonds is 3. The summed E-state index contributed by atoms with van der Waals surface area (Å²) >= 11 is 0. The minimum atomic E-state index is -6.64. The van der Waals surface area contributed by atoms with E-state index in [1.54, 1.807) is 0 Å². The van der Waals surface area contributed by atoms with E-state index in [2.05, 4.69) is 0 Å². The van der Waals surface area contributed by atoms with E-state index >= 15 is 0 Å². The molecular formula is C6HF9O3S. The summed E-state index contributed by atoms with van der Waals surface area (Å²) in [4.78, 5) is 0. The Morgan fingerprint density at radius 1 is 0.789 bits per heavy atom. The van der Waals surface area contributed by atoms with Gasteiger partial charge in [0.05, 0.1) is 0 Å². The molecule has 13 heteroatoms. The molecule has 0 saturated carbocycles. The summed E-state index contributed by atoms with van der Waals surface area (Å²) < 4.78 is 136. The first kappa shape index (κ1) is 17.8. The third kappa shape index (κ3) is 3.62. The molecular weight excluding hydrogens is 323 g/mol. The van der Waals surface area contributed by atoms with Gasteiger partial charge in [0.25, 0.3) is 0 Å². The van der Waals surface area contributed by atoms with E-state index in [9.17, 15) is 47.9 Å². The average molecular weight is 324 g/mol. The van der Waals surface area contributed by atoms with Gasteiger partial charge in [-0.25, -0.2) is 13.2 Å². The second-order valence-corrected chi connectivity index (χ2v) is 4.21. The van der Waals surface area contributed by atoms with Gasteiger partial charge in [-0.05, 0) is 0 Å². The summed E-state index contributed by atoms with van der Waals surface area (Å²) in [5, 5.41) is -6.08. The summed E-state index contributed by atoms with van der Waals surface area (Å²) in [5.74, 6) is -15.3. The van der Waals surface area contributed by atoms with Crippen LogP contribution in [0.2, 0.25) is 0 Å². The Morgan fingerprint density at radius 2 is 1.11 bits per heavy atom. The SMILES string of the molecule is O=S(=O)(O)C(F)(F)/C(F)=C(F)/C(F)=C(\F)C(F)(F)F. The van der Waals surface area contributed by atoms with Gasteiger partial charge in [-0.15, -0.1) is 0 Å². The van der Waals surface area contributed by atoms with Crippen molar-refractivity contribution < 1.29 is 52.5 Å². The van der Waals surface area contributed by atoms with Gasteiger partial charge in [-0.2, -0.15) is 34.8 Å². The standard InChI is InChI=1S/C6HF9O3S/c7-1(3(9)5(11,12)13)2(8)4(10)6(14,15)19(16,17)18/h(H,16,17,18)/b3-1+,4-2+. The lowest BCUT2D eigenvalue weighted by Crippen LogP contribution is -2.29. The highest BCUT2D eigenvalue weighted by Crippen LogP contribution is 2.39. The van der Waals surface area contributed by atoms with Gasteiger partial charge in [-0.3, -0.25) is 4.55 Å². The molecule has 0 bridgehead atoms. The zero-order valence-corrected chi connectivity index (χ0v) is 8.89. The van der Waals surface area contributed by atoms with Gasteiger partial charge in [0, 0.05) is 0 Å². The van der Waals surface area contributed by atoms with Crippen LogP contribution in [-0.2, 0) is 10.1 Å². The maximum atomic E-state index is 12.5. The Labute approximate surface area is 98.3 Å². The highest BCUT2D eigenvalue weighted by Gasteiger charge is 2.52. The first-order valence-electron chi connectivity index (χ1n) is 3.67. The molecule has 0 spiro atoms. The summed E-state index contributed by atoms with van der Waals surface area (Å²) in [6, 6.07) is 0. The predicted octanol–water partition coefficient (Wildman–Crippen LogP) is 3.33. The molecule has 3 nitrogen and oxygen atoms in total. The Balaban J connectivity index is 6.04. The summed E-state index contributed by atoms with van der Waals surface area (Å²) in [5.41, 5.74) is 0. The van der Waals surface area contributed by atoms with Crippen molar-refractivity contribution in [1.29, 1.82) is 0 Å². The van der Waals surface area contributed by atoms with Crippen LogP contribution in [-0.4, -0.2) is 24.4 Å². The number of hydrogen-bond acceptors (Lipinski definition) is 2. The maximum Gasteiger partial charge on any atom is 0.446 e. The molecule has 0 fully saturated rings. The monoisotopic (exact) mass is 324 g/mol. The number of alkyl halides is 5. The molecule has 0 aliphatic heterocycles. The van der Waals surface area contributed by atoms with E-state index in [-0.39, 0.29) is 0 Å². The third-order valence-corrected chi connectivity index (χ3v) is 2.23. The molecule has 112 valence electrons. The zero-order chi connectivity index (χ0) is 15.8. The smallest absolute Gasteiger partial charge is 0.281 e. The molecule has 0 aromatic heterocycles. The Bertz CT molecular complexity index is 527. The van der Waals surface area contributed by atoms with E-state index in [4.69, 9.17) is 4.55 Å². The van der Waals surface area contributed by atoms with E-state index in [1.807, 2.05) is 0 Å². The number of allylic oxidation sites excluding steroid dienone is 3. The minimum Gasteiger partial charge on any atom is -0.281 e. The van der Waals surface area contributed by atoms with Crippen molar-refractivity contribution in [3.63, 3.8) is 0 Å². The molecule has 0 heterocycles. The average Bonchev–Trinajstić information content (AvgIpc) is 2.21. The third-order valence-electron chi connectivity index (χ3n) is 1.41. The first-order chi connectivity index (χ1) is 8.14. The van der Waals surface area contributed by atoms with Crippen LogP contribution in [0, 0.1) is 0 Å². The molecule has 0 amide bonds. The van der Waals surface area contributed by atoms with E-state index in [1.165, 1.54) is 0 Å². The van der Waals surface area contributed by atoms with Crippen LogP contribution in [0.3, 0.4) is 0 Å². The zero-order valence-electron chi connectivity index (χ0n) is 8.07. The Morgan fingerprint density at radius 3 is 1.37 bits per heavy atom. The molecule has 0 aliphatic rings. The molecule has 0 aliphatic carbocycles. The Hall–Kier alpha value is -1.24. The molecule has 0 rings (SSSR count). The van der Waals surface area contributed by atoms with Crippen LogP contribution >= 0.6 is 0 Å². The molecule has 1 N–H and O–H groups in total. The van der Waals surface area contributed by atoms with Crippen LogP contribution in [0.15, 0.2) is 23.3 Å².